The number of aldehydes is 1. The van der Waals surface area contributed by atoms with E-state index in [0.717, 1.165) is 6.20 Å². The van der Waals surface area contributed by atoms with Crippen LogP contribution >= 0.6 is 0 Å². The van der Waals surface area contributed by atoms with E-state index in [-0.39, 0.29) is 18.3 Å². The van der Waals surface area contributed by atoms with Gasteiger partial charge in [-0.25, -0.2) is 4.98 Å². The highest BCUT2D eigenvalue weighted by molar-refractivity contribution is 5.78. The Bertz CT molecular complexity index is 449. The molecule has 0 spiro atoms. The highest BCUT2D eigenvalue weighted by Crippen LogP contribution is 2.31. The van der Waals surface area contributed by atoms with Crippen LogP contribution < -0.4 is 0 Å². The lowest BCUT2D eigenvalue weighted by atomic mass is 9.86. The van der Waals surface area contributed by atoms with Crippen LogP contribution in [0.15, 0.2) is 12.3 Å². The largest absolute Gasteiger partial charge is 0.481 e. The molecule has 0 saturated heterocycles. The molecule has 17 heavy (non-hydrogen) atoms. The van der Waals surface area contributed by atoms with Crippen LogP contribution in [0.4, 0.5) is 4.39 Å². The first-order valence-corrected chi connectivity index (χ1v) is 4.99. The summed E-state index contributed by atoms with van der Waals surface area (Å²) in [6, 6.07) is 1.25. The fraction of sp³-hybridized carbons (Fsp3) is 0.364. The van der Waals surface area contributed by atoms with Gasteiger partial charge in [0.25, 0.3) is 0 Å². The van der Waals surface area contributed by atoms with Gasteiger partial charge in [0.1, 0.15) is 5.60 Å². The summed E-state index contributed by atoms with van der Waals surface area (Å²) in [5.74, 6) is -2.25. The zero-order chi connectivity index (χ0) is 13.1. The maximum Gasteiger partial charge on any atom is 0.306 e. The number of hydrogen-bond acceptors (Lipinski definition) is 4. The second-order valence-electron chi connectivity index (χ2n) is 3.64. The molecule has 0 bridgehead atoms. The van der Waals surface area contributed by atoms with Crippen LogP contribution in [0.1, 0.15) is 35.7 Å². The van der Waals surface area contributed by atoms with Crippen LogP contribution in [0.3, 0.4) is 0 Å². The number of aliphatic hydroxyl groups is 1. The van der Waals surface area contributed by atoms with E-state index >= 15 is 0 Å². The molecule has 1 heterocycles. The van der Waals surface area contributed by atoms with Gasteiger partial charge in [-0.3, -0.25) is 9.59 Å². The zero-order valence-corrected chi connectivity index (χ0v) is 9.18. The molecule has 6 heteroatoms. The molecule has 1 atom stereocenters. The van der Waals surface area contributed by atoms with Gasteiger partial charge < -0.3 is 10.2 Å². The van der Waals surface area contributed by atoms with E-state index in [9.17, 15) is 19.1 Å². The summed E-state index contributed by atoms with van der Waals surface area (Å²) in [5.41, 5.74) is -2.23. The standard InChI is InChI=1S/C11H12FNO4/c1-2-11(17,5-9(15)16)8-3-4-13-10(12)7(8)6-14/h3-4,6,17H,2,5H2,1H3,(H,15,16). The molecular weight excluding hydrogens is 229 g/mol. The Labute approximate surface area is 96.9 Å². The van der Waals surface area contributed by atoms with Crippen molar-refractivity contribution in [1.82, 2.24) is 4.98 Å². The molecule has 0 amide bonds. The molecule has 0 fully saturated rings. The third-order valence-electron chi connectivity index (χ3n) is 2.59. The van der Waals surface area contributed by atoms with Gasteiger partial charge in [0, 0.05) is 11.8 Å². The maximum absolute atomic E-state index is 13.3. The maximum atomic E-state index is 13.3. The van der Waals surface area contributed by atoms with Gasteiger partial charge in [0.05, 0.1) is 12.0 Å². The first kappa shape index (κ1) is 13.2. The highest BCUT2D eigenvalue weighted by atomic mass is 19.1. The Morgan fingerprint density at radius 3 is 2.76 bits per heavy atom. The van der Waals surface area contributed by atoms with E-state index in [4.69, 9.17) is 5.11 Å². The third kappa shape index (κ3) is 2.65. The summed E-state index contributed by atoms with van der Waals surface area (Å²) in [6.45, 7) is 1.55. The molecule has 92 valence electrons. The Morgan fingerprint density at radius 2 is 2.29 bits per heavy atom. The molecule has 2 N–H and O–H groups in total. The molecular formula is C11H12FNO4. The quantitative estimate of drug-likeness (QED) is 0.595. The number of carbonyl (C=O) groups is 2. The Morgan fingerprint density at radius 1 is 1.65 bits per heavy atom. The molecule has 0 aliphatic carbocycles. The van der Waals surface area contributed by atoms with Gasteiger partial charge in [0.2, 0.25) is 5.95 Å². The van der Waals surface area contributed by atoms with E-state index in [2.05, 4.69) is 4.98 Å². The summed E-state index contributed by atoms with van der Waals surface area (Å²) < 4.78 is 13.3. The van der Waals surface area contributed by atoms with Crippen molar-refractivity contribution < 1.29 is 24.2 Å². The molecule has 5 nitrogen and oxygen atoms in total. The minimum Gasteiger partial charge on any atom is -0.481 e. The van der Waals surface area contributed by atoms with Crippen LogP contribution in [0.5, 0.6) is 0 Å². The average Bonchev–Trinajstić information content (AvgIpc) is 2.27. The van der Waals surface area contributed by atoms with Crippen LogP contribution in [-0.4, -0.2) is 27.5 Å². The molecule has 1 unspecified atom stereocenters. The number of carbonyl (C=O) groups excluding carboxylic acids is 1. The predicted molar refractivity (Wildman–Crippen MR) is 56.0 cm³/mol. The van der Waals surface area contributed by atoms with Crippen molar-refractivity contribution in [2.24, 2.45) is 0 Å². The third-order valence-corrected chi connectivity index (χ3v) is 2.59. The SMILES string of the molecule is CCC(O)(CC(=O)O)c1ccnc(F)c1C=O. The number of hydrogen-bond donors (Lipinski definition) is 2. The topological polar surface area (TPSA) is 87.5 Å². The number of halogens is 1. The molecule has 0 radical (unpaired) electrons. The molecule has 1 aromatic rings. The van der Waals surface area contributed by atoms with Crippen molar-refractivity contribution in [3.8, 4) is 0 Å². The Kier molecular flexibility index (Phi) is 3.90. The van der Waals surface area contributed by atoms with Crippen molar-refractivity contribution in [3.05, 3.63) is 29.3 Å². The van der Waals surface area contributed by atoms with Crippen LogP contribution in [-0.2, 0) is 10.4 Å². The van der Waals surface area contributed by atoms with E-state index in [1.165, 1.54) is 6.07 Å². The number of aliphatic carboxylic acids is 1. The molecule has 1 rings (SSSR count). The average molecular weight is 241 g/mol. The molecule has 0 saturated carbocycles. The van der Waals surface area contributed by atoms with Crippen LogP contribution in [0, 0.1) is 5.95 Å². The fourth-order valence-corrected chi connectivity index (χ4v) is 1.63. The normalized spacial score (nSPS) is 14.1. The first-order valence-electron chi connectivity index (χ1n) is 4.99. The molecule has 0 aromatic carbocycles. The van der Waals surface area contributed by atoms with Gasteiger partial charge in [-0.2, -0.15) is 4.39 Å². The van der Waals surface area contributed by atoms with Gasteiger partial charge in [-0.1, -0.05) is 6.92 Å². The van der Waals surface area contributed by atoms with Crippen LogP contribution in [0.2, 0.25) is 0 Å². The number of nitrogens with zero attached hydrogens (tertiary/aromatic N) is 1. The van der Waals surface area contributed by atoms with Gasteiger partial charge in [-0.05, 0) is 12.5 Å². The Balaban J connectivity index is 3.33. The lowest BCUT2D eigenvalue weighted by molar-refractivity contribution is -0.143. The molecule has 1 aromatic heterocycles. The smallest absolute Gasteiger partial charge is 0.306 e. The van der Waals surface area contributed by atoms with Crippen molar-refractivity contribution in [2.45, 2.75) is 25.4 Å². The monoisotopic (exact) mass is 241 g/mol. The second kappa shape index (κ2) is 5.01. The number of carboxylic acids is 1. The van der Waals surface area contributed by atoms with Gasteiger partial charge in [-0.15, -0.1) is 0 Å². The van der Waals surface area contributed by atoms with Gasteiger partial charge in [0.15, 0.2) is 6.29 Å². The minimum absolute atomic E-state index is 0.0452. The molecule has 0 aliphatic rings. The van der Waals surface area contributed by atoms with Crippen molar-refractivity contribution >= 4 is 12.3 Å². The van der Waals surface area contributed by atoms with Crippen molar-refractivity contribution in [1.29, 1.82) is 0 Å². The first-order chi connectivity index (χ1) is 7.94. The second-order valence-corrected chi connectivity index (χ2v) is 3.64. The number of aromatic nitrogens is 1. The number of carboxylic acid groups (broad SMARTS) is 1. The summed E-state index contributed by atoms with van der Waals surface area (Å²) in [4.78, 5) is 24.7. The van der Waals surface area contributed by atoms with Crippen molar-refractivity contribution in [3.63, 3.8) is 0 Å². The Hall–Kier alpha value is -1.82. The van der Waals surface area contributed by atoms with E-state index in [1.54, 1.807) is 6.92 Å². The van der Waals surface area contributed by atoms with E-state index in [0.29, 0.717) is 0 Å². The minimum atomic E-state index is -1.77. The predicted octanol–water partition coefficient (Wildman–Crippen LogP) is 1.11. The van der Waals surface area contributed by atoms with E-state index < -0.39 is 29.5 Å². The lowest BCUT2D eigenvalue weighted by Gasteiger charge is -2.26. The van der Waals surface area contributed by atoms with Crippen molar-refractivity contribution in [2.75, 3.05) is 0 Å². The highest BCUT2D eigenvalue weighted by Gasteiger charge is 2.33. The molecule has 0 aliphatic heterocycles. The lowest BCUT2D eigenvalue weighted by Crippen LogP contribution is -2.30. The zero-order valence-electron chi connectivity index (χ0n) is 9.18. The summed E-state index contributed by atoms with van der Waals surface area (Å²) in [5, 5.41) is 18.9. The summed E-state index contributed by atoms with van der Waals surface area (Å²) in [7, 11) is 0. The number of rotatable bonds is 5. The number of pyridine rings is 1. The summed E-state index contributed by atoms with van der Waals surface area (Å²) in [6.07, 6.45) is 0.748. The summed E-state index contributed by atoms with van der Waals surface area (Å²) >= 11 is 0. The fourth-order valence-electron chi connectivity index (χ4n) is 1.63. The van der Waals surface area contributed by atoms with E-state index in [1.807, 2.05) is 0 Å². The van der Waals surface area contributed by atoms with Gasteiger partial charge >= 0.3 is 5.97 Å². The van der Waals surface area contributed by atoms with Crippen LogP contribution in [0.25, 0.3) is 0 Å².